The number of rotatable bonds is 9. The minimum atomic E-state index is -0.970. The van der Waals surface area contributed by atoms with Crippen molar-refractivity contribution >= 4 is 11.9 Å². The Morgan fingerprint density at radius 1 is 1.35 bits per heavy atom. The lowest BCUT2D eigenvalue weighted by Crippen LogP contribution is -2.50. The Bertz CT molecular complexity index is 637. The number of aliphatic carboxylic acids is 1. The number of amides is 1. The SMILES string of the molecule is COc1cc(C(=O)NC2(CC(=O)O)CCOC2)ccc1OCCC(C)C. The van der Waals surface area contributed by atoms with Crippen LogP contribution in [0.3, 0.4) is 0 Å². The van der Waals surface area contributed by atoms with E-state index in [1.165, 1.54) is 7.11 Å². The molecule has 0 aliphatic carbocycles. The first kappa shape index (κ1) is 20.0. The molecule has 1 heterocycles. The van der Waals surface area contributed by atoms with Crippen molar-refractivity contribution in [2.75, 3.05) is 26.9 Å². The highest BCUT2D eigenvalue weighted by molar-refractivity contribution is 5.95. The van der Waals surface area contributed by atoms with Gasteiger partial charge in [0.1, 0.15) is 0 Å². The maximum atomic E-state index is 12.6. The Morgan fingerprint density at radius 2 is 2.12 bits per heavy atom. The Kier molecular flexibility index (Phi) is 6.85. The van der Waals surface area contributed by atoms with Crippen LogP contribution in [0.2, 0.25) is 0 Å². The molecule has 0 saturated carbocycles. The van der Waals surface area contributed by atoms with Gasteiger partial charge in [0.05, 0.1) is 32.3 Å². The summed E-state index contributed by atoms with van der Waals surface area (Å²) in [5.74, 6) is 0.252. The van der Waals surface area contributed by atoms with E-state index in [1.807, 2.05) is 0 Å². The van der Waals surface area contributed by atoms with E-state index in [0.717, 1.165) is 6.42 Å². The highest BCUT2D eigenvalue weighted by atomic mass is 16.5. The molecule has 7 heteroatoms. The molecule has 26 heavy (non-hydrogen) atoms. The Hall–Kier alpha value is -2.28. The molecule has 2 N–H and O–H groups in total. The molecule has 1 amide bonds. The lowest BCUT2D eigenvalue weighted by molar-refractivity contribution is -0.138. The molecule has 1 aliphatic rings. The van der Waals surface area contributed by atoms with Crippen molar-refractivity contribution in [2.45, 2.75) is 38.6 Å². The van der Waals surface area contributed by atoms with Gasteiger partial charge >= 0.3 is 5.97 Å². The van der Waals surface area contributed by atoms with Crippen LogP contribution < -0.4 is 14.8 Å². The van der Waals surface area contributed by atoms with Crippen LogP contribution in [0.15, 0.2) is 18.2 Å². The molecular formula is C19H27NO6. The fraction of sp³-hybridized carbons (Fsp3) is 0.579. The number of carboxylic acids is 1. The molecule has 2 rings (SSSR count). The van der Waals surface area contributed by atoms with Gasteiger partial charge in [-0.3, -0.25) is 9.59 Å². The minimum Gasteiger partial charge on any atom is -0.493 e. The van der Waals surface area contributed by atoms with Gasteiger partial charge in [0.2, 0.25) is 0 Å². The summed E-state index contributed by atoms with van der Waals surface area (Å²) in [6.07, 6.45) is 1.22. The van der Waals surface area contributed by atoms with E-state index in [9.17, 15) is 9.59 Å². The fourth-order valence-corrected chi connectivity index (χ4v) is 2.82. The van der Waals surface area contributed by atoms with Gasteiger partial charge in [-0.2, -0.15) is 0 Å². The minimum absolute atomic E-state index is 0.174. The molecule has 7 nitrogen and oxygen atoms in total. The largest absolute Gasteiger partial charge is 0.493 e. The summed E-state index contributed by atoms with van der Waals surface area (Å²) in [4.78, 5) is 23.7. The Morgan fingerprint density at radius 3 is 2.69 bits per heavy atom. The second-order valence-electron chi connectivity index (χ2n) is 7.00. The maximum Gasteiger partial charge on any atom is 0.305 e. The van der Waals surface area contributed by atoms with Crippen LogP contribution in [0.5, 0.6) is 11.5 Å². The van der Waals surface area contributed by atoms with Crippen LogP contribution >= 0.6 is 0 Å². The van der Waals surface area contributed by atoms with Crippen LogP contribution in [0, 0.1) is 5.92 Å². The molecule has 1 saturated heterocycles. The molecule has 0 spiro atoms. The average molecular weight is 365 g/mol. The first-order valence-electron chi connectivity index (χ1n) is 8.78. The molecular weight excluding hydrogens is 338 g/mol. The van der Waals surface area contributed by atoms with Crippen molar-refractivity contribution < 1.29 is 28.9 Å². The van der Waals surface area contributed by atoms with Gasteiger partial charge in [0.25, 0.3) is 5.91 Å². The molecule has 1 aromatic carbocycles. The maximum absolute atomic E-state index is 12.6. The summed E-state index contributed by atoms with van der Waals surface area (Å²) in [7, 11) is 1.52. The summed E-state index contributed by atoms with van der Waals surface area (Å²) in [5, 5.41) is 11.9. The average Bonchev–Trinajstić information content (AvgIpc) is 3.01. The van der Waals surface area contributed by atoms with Crippen molar-refractivity contribution in [2.24, 2.45) is 5.92 Å². The number of benzene rings is 1. The Labute approximate surface area is 153 Å². The van der Waals surface area contributed by atoms with Crippen molar-refractivity contribution in [1.29, 1.82) is 0 Å². The van der Waals surface area contributed by atoms with Crippen LogP contribution in [0.1, 0.15) is 43.5 Å². The van der Waals surface area contributed by atoms with Gasteiger partial charge in [-0.15, -0.1) is 0 Å². The highest BCUT2D eigenvalue weighted by Gasteiger charge is 2.38. The summed E-state index contributed by atoms with van der Waals surface area (Å²) < 4.78 is 16.4. The van der Waals surface area contributed by atoms with Gasteiger partial charge in [0.15, 0.2) is 11.5 Å². The summed E-state index contributed by atoms with van der Waals surface area (Å²) >= 11 is 0. The molecule has 1 atom stereocenters. The summed E-state index contributed by atoms with van der Waals surface area (Å²) in [5.41, 5.74) is -0.488. The van der Waals surface area contributed by atoms with Gasteiger partial charge in [-0.25, -0.2) is 0 Å². The van der Waals surface area contributed by atoms with Gasteiger partial charge in [-0.05, 0) is 37.0 Å². The fourth-order valence-electron chi connectivity index (χ4n) is 2.82. The quantitative estimate of drug-likeness (QED) is 0.698. The van der Waals surface area contributed by atoms with Gasteiger partial charge < -0.3 is 24.6 Å². The normalized spacial score (nSPS) is 19.4. The molecule has 1 aromatic rings. The number of methoxy groups -OCH3 is 1. The van der Waals surface area contributed by atoms with E-state index in [4.69, 9.17) is 19.3 Å². The van der Waals surface area contributed by atoms with E-state index in [2.05, 4.69) is 19.2 Å². The predicted octanol–water partition coefficient (Wildman–Crippen LogP) is 2.48. The topological polar surface area (TPSA) is 94.1 Å². The van der Waals surface area contributed by atoms with Crippen molar-refractivity contribution in [3.8, 4) is 11.5 Å². The molecule has 1 unspecified atom stereocenters. The molecule has 0 aromatic heterocycles. The van der Waals surface area contributed by atoms with E-state index in [-0.39, 0.29) is 18.9 Å². The highest BCUT2D eigenvalue weighted by Crippen LogP contribution is 2.29. The standard InChI is InChI=1S/C19H27NO6/c1-13(2)6-8-26-15-5-4-14(10-16(15)24-3)18(23)20-19(11-17(21)22)7-9-25-12-19/h4-5,10,13H,6-9,11-12H2,1-3H3,(H,20,23)(H,21,22). The van der Waals surface area contributed by atoms with Crippen molar-refractivity contribution in [1.82, 2.24) is 5.32 Å². The van der Waals surface area contributed by atoms with Crippen LogP contribution in [-0.4, -0.2) is 49.5 Å². The molecule has 0 bridgehead atoms. The van der Waals surface area contributed by atoms with Crippen molar-refractivity contribution in [3.05, 3.63) is 23.8 Å². The van der Waals surface area contributed by atoms with Crippen molar-refractivity contribution in [3.63, 3.8) is 0 Å². The van der Waals surface area contributed by atoms with Crippen LogP contribution in [0.25, 0.3) is 0 Å². The smallest absolute Gasteiger partial charge is 0.305 e. The van der Waals surface area contributed by atoms with Crippen LogP contribution in [-0.2, 0) is 9.53 Å². The lowest BCUT2D eigenvalue weighted by atomic mass is 9.93. The zero-order chi connectivity index (χ0) is 19.2. The number of nitrogens with one attached hydrogen (secondary N) is 1. The van der Waals surface area contributed by atoms with E-state index >= 15 is 0 Å². The van der Waals surface area contributed by atoms with E-state index in [1.54, 1.807) is 18.2 Å². The summed E-state index contributed by atoms with van der Waals surface area (Å²) in [6, 6.07) is 4.94. The third-order valence-corrected chi connectivity index (χ3v) is 4.35. The Balaban J connectivity index is 2.09. The van der Waals surface area contributed by atoms with Crippen LogP contribution in [0.4, 0.5) is 0 Å². The lowest BCUT2D eigenvalue weighted by Gasteiger charge is -2.27. The molecule has 1 fully saturated rings. The monoisotopic (exact) mass is 365 g/mol. The number of carbonyl (C=O) groups excluding carboxylic acids is 1. The zero-order valence-electron chi connectivity index (χ0n) is 15.5. The van der Waals surface area contributed by atoms with E-state index in [0.29, 0.717) is 42.6 Å². The first-order valence-corrected chi connectivity index (χ1v) is 8.78. The zero-order valence-corrected chi connectivity index (χ0v) is 15.5. The number of hydrogen-bond acceptors (Lipinski definition) is 5. The number of hydrogen-bond donors (Lipinski definition) is 2. The second kappa shape index (κ2) is 8.89. The number of carboxylic acid groups (broad SMARTS) is 1. The molecule has 1 aliphatic heterocycles. The third-order valence-electron chi connectivity index (χ3n) is 4.35. The summed E-state index contributed by atoms with van der Waals surface area (Å²) in [6.45, 7) is 5.43. The molecule has 144 valence electrons. The predicted molar refractivity (Wildman–Crippen MR) is 95.8 cm³/mol. The number of ether oxygens (including phenoxy) is 3. The third kappa shape index (κ3) is 5.36. The number of carbonyl (C=O) groups is 2. The van der Waals surface area contributed by atoms with Gasteiger partial charge in [0, 0.05) is 12.2 Å². The molecule has 0 radical (unpaired) electrons. The van der Waals surface area contributed by atoms with E-state index < -0.39 is 11.5 Å². The second-order valence-corrected chi connectivity index (χ2v) is 7.00. The first-order chi connectivity index (χ1) is 12.3. The van der Waals surface area contributed by atoms with Gasteiger partial charge in [-0.1, -0.05) is 13.8 Å².